The van der Waals surface area contributed by atoms with Gasteiger partial charge < -0.3 is 10.2 Å². The van der Waals surface area contributed by atoms with Crippen molar-refractivity contribution in [2.24, 2.45) is 11.8 Å². The van der Waals surface area contributed by atoms with Crippen molar-refractivity contribution >= 4 is 5.91 Å². The maximum absolute atomic E-state index is 14.8. The molecule has 7 heteroatoms. The molecule has 38 heavy (non-hydrogen) atoms. The Morgan fingerprint density at radius 3 is 2.66 bits per heavy atom. The van der Waals surface area contributed by atoms with E-state index in [1.165, 1.54) is 11.6 Å². The third-order valence-corrected chi connectivity index (χ3v) is 10.0. The summed E-state index contributed by atoms with van der Waals surface area (Å²) in [6, 6.07) is 11.0. The lowest BCUT2D eigenvalue weighted by Gasteiger charge is -2.48. The van der Waals surface area contributed by atoms with Gasteiger partial charge in [-0.3, -0.25) is 9.78 Å². The van der Waals surface area contributed by atoms with E-state index in [0.29, 0.717) is 44.3 Å². The molecule has 2 aliphatic heterocycles. The van der Waals surface area contributed by atoms with E-state index in [1.54, 1.807) is 6.07 Å². The van der Waals surface area contributed by atoms with Gasteiger partial charge in [0.05, 0.1) is 5.92 Å². The van der Waals surface area contributed by atoms with Crippen molar-refractivity contribution in [3.05, 3.63) is 64.7 Å². The minimum absolute atomic E-state index is 0.00840. The average molecular weight is 526 g/mol. The number of aryl methyl sites for hydroxylation is 2. The third kappa shape index (κ3) is 4.55. The Bertz CT molecular complexity index is 1190. The van der Waals surface area contributed by atoms with Crippen molar-refractivity contribution in [2.45, 2.75) is 88.0 Å². The van der Waals surface area contributed by atoms with Gasteiger partial charge in [-0.05, 0) is 87.0 Å². The van der Waals surface area contributed by atoms with E-state index in [-0.39, 0.29) is 53.8 Å². The van der Waals surface area contributed by atoms with Gasteiger partial charge in [0, 0.05) is 55.3 Å². The van der Waals surface area contributed by atoms with Gasteiger partial charge in [-0.25, -0.2) is 13.2 Å². The van der Waals surface area contributed by atoms with Gasteiger partial charge in [-0.2, -0.15) is 0 Å². The summed E-state index contributed by atoms with van der Waals surface area (Å²) < 4.78 is 43.0. The maximum Gasteiger partial charge on any atom is 0.248 e. The number of carbonyl (C=O) groups excluding carboxylic acids is 1. The Morgan fingerprint density at radius 1 is 1.08 bits per heavy atom. The first-order valence-corrected chi connectivity index (χ1v) is 14.4. The minimum Gasteiger partial charge on any atom is -0.339 e. The molecule has 4 aliphatic rings. The van der Waals surface area contributed by atoms with E-state index >= 15 is 0 Å². The van der Waals surface area contributed by atoms with E-state index in [0.717, 1.165) is 37.2 Å². The second-order valence-corrected chi connectivity index (χ2v) is 12.2. The number of halogens is 3. The summed E-state index contributed by atoms with van der Waals surface area (Å²) >= 11 is 0. The van der Waals surface area contributed by atoms with E-state index < -0.39 is 5.92 Å². The maximum atomic E-state index is 14.8. The fourth-order valence-electron chi connectivity index (χ4n) is 8.04. The zero-order valence-corrected chi connectivity index (χ0v) is 22.2. The van der Waals surface area contributed by atoms with Crippen molar-refractivity contribution in [1.29, 1.82) is 0 Å². The number of nitrogens with one attached hydrogen (secondary N) is 1. The summed E-state index contributed by atoms with van der Waals surface area (Å²) in [5.74, 6) is -2.90. The smallest absolute Gasteiger partial charge is 0.248 e. The highest BCUT2D eigenvalue weighted by atomic mass is 19.3. The van der Waals surface area contributed by atoms with Gasteiger partial charge in [-0.1, -0.05) is 24.3 Å². The normalized spacial score (nSPS) is 31.4. The predicted octanol–water partition coefficient (Wildman–Crippen LogP) is 5.92. The number of likely N-dealkylation sites (tertiary alicyclic amines) is 1. The van der Waals surface area contributed by atoms with Crippen LogP contribution in [-0.2, 0) is 16.6 Å². The molecule has 2 aliphatic carbocycles. The van der Waals surface area contributed by atoms with Gasteiger partial charge in [-0.15, -0.1) is 0 Å². The molecule has 3 fully saturated rings. The van der Waals surface area contributed by atoms with Crippen LogP contribution in [0.25, 0.3) is 0 Å². The number of rotatable bonds is 3. The lowest BCUT2D eigenvalue weighted by molar-refractivity contribution is -0.144. The molecule has 1 aromatic carbocycles. The molecule has 4 atom stereocenters. The zero-order chi connectivity index (χ0) is 26.5. The third-order valence-electron chi connectivity index (χ3n) is 10.0. The molecule has 0 bridgehead atoms. The van der Waals surface area contributed by atoms with Gasteiger partial charge in [0.25, 0.3) is 0 Å². The van der Waals surface area contributed by atoms with Crippen LogP contribution in [0, 0.1) is 24.6 Å². The van der Waals surface area contributed by atoms with Crippen LogP contribution in [0.2, 0.25) is 0 Å². The number of piperidine rings is 1. The first-order chi connectivity index (χ1) is 18.3. The van der Waals surface area contributed by atoms with Crippen LogP contribution in [0.5, 0.6) is 0 Å². The molecule has 204 valence electrons. The Labute approximate surface area is 223 Å². The molecular weight excluding hydrogens is 487 g/mol. The van der Waals surface area contributed by atoms with Gasteiger partial charge in [0.2, 0.25) is 11.8 Å². The number of fused-ring (bicyclic) bond motifs is 2. The number of benzene rings is 1. The Balaban J connectivity index is 1.31. The average Bonchev–Trinajstić information content (AvgIpc) is 3.32. The van der Waals surface area contributed by atoms with Crippen molar-refractivity contribution in [3.8, 4) is 0 Å². The molecule has 0 radical (unpaired) electrons. The lowest BCUT2D eigenvalue weighted by Crippen LogP contribution is -2.55. The number of hydrogen-bond donors (Lipinski definition) is 1. The molecule has 1 amide bonds. The molecule has 6 rings (SSSR count). The van der Waals surface area contributed by atoms with Crippen LogP contribution in [-0.4, -0.2) is 47.4 Å². The molecule has 2 saturated heterocycles. The number of carbonyl (C=O) groups is 1. The second kappa shape index (κ2) is 9.96. The molecular formula is C31H38F3N3O. The highest BCUT2D eigenvalue weighted by Gasteiger charge is 2.53. The minimum atomic E-state index is -2.62. The molecule has 2 aromatic rings. The molecule has 1 spiro atoms. The monoisotopic (exact) mass is 525 g/mol. The first kappa shape index (κ1) is 25.8. The number of amides is 1. The Hall–Kier alpha value is -2.41. The van der Waals surface area contributed by atoms with E-state index in [4.69, 9.17) is 4.98 Å². The van der Waals surface area contributed by atoms with E-state index in [9.17, 15) is 18.0 Å². The van der Waals surface area contributed by atoms with E-state index in [2.05, 4.69) is 17.4 Å². The summed E-state index contributed by atoms with van der Waals surface area (Å²) in [6.07, 6.45) is 4.76. The largest absolute Gasteiger partial charge is 0.339 e. The van der Waals surface area contributed by atoms with Crippen LogP contribution in [0.3, 0.4) is 0 Å². The van der Waals surface area contributed by atoms with Crippen LogP contribution in [0.4, 0.5) is 13.2 Å². The predicted molar refractivity (Wildman–Crippen MR) is 141 cm³/mol. The fraction of sp³-hybridized carbons (Fsp3) is 0.613. The molecule has 4 nitrogen and oxygen atoms in total. The van der Waals surface area contributed by atoms with Crippen LogP contribution in [0.1, 0.15) is 79.8 Å². The Kier molecular flexibility index (Phi) is 6.78. The van der Waals surface area contributed by atoms with Crippen molar-refractivity contribution in [3.63, 3.8) is 0 Å². The fourth-order valence-corrected chi connectivity index (χ4v) is 8.04. The van der Waals surface area contributed by atoms with Crippen LogP contribution >= 0.6 is 0 Å². The number of hydrogen-bond acceptors (Lipinski definition) is 3. The topological polar surface area (TPSA) is 45.2 Å². The zero-order valence-electron chi connectivity index (χ0n) is 22.2. The lowest BCUT2D eigenvalue weighted by atomic mass is 9.64. The van der Waals surface area contributed by atoms with Crippen LogP contribution in [0.15, 0.2) is 36.4 Å². The number of nitrogens with zero attached hydrogens (tertiary/aromatic N) is 2. The SMILES string of the molecule is Cc1ccc2c(n1)CCCC21CNCC1C(=O)N1CCC(c2ccccc2F)CC1C1CCC(F)(F)CC1. The van der Waals surface area contributed by atoms with Gasteiger partial charge >= 0.3 is 0 Å². The molecule has 1 aromatic heterocycles. The molecule has 3 heterocycles. The van der Waals surface area contributed by atoms with Crippen molar-refractivity contribution in [1.82, 2.24) is 15.2 Å². The quantitative estimate of drug-likeness (QED) is 0.541. The summed E-state index contributed by atoms with van der Waals surface area (Å²) in [6.45, 7) is 3.93. The highest BCUT2D eigenvalue weighted by Crippen LogP contribution is 2.48. The van der Waals surface area contributed by atoms with Gasteiger partial charge in [0.15, 0.2) is 0 Å². The standard InChI is InChI=1S/C31H38F3N3O/c1-20-8-9-24-27(36-20)7-4-13-30(24)19-35-18-25(30)29(38)37-16-12-22(23-5-2-3-6-26(23)32)17-28(37)21-10-14-31(33,34)15-11-21/h2-3,5-6,8-9,21-22,25,28,35H,4,7,10-19H2,1H3. The molecule has 4 unspecified atom stereocenters. The summed E-state index contributed by atoms with van der Waals surface area (Å²) in [7, 11) is 0. The molecule has 1 N–H and O–H groups in total. The summed E-state index contributed by atoms with van der Waals surface area (Å²) in [5.41, 5.74) is 3.72. The van der Waals surface area contributed by atoms with Crippen molar-refractivity contribution in [2.75, 3.05) is 19.6 Å². The van der Waals surface area contributed by atoms with Crippen molar-refractivity contribution < 1.29 is 18.0 Å². The van der Waals surface area contributed by atoms with E-state index in [1.807, 2.05) is 24.0 Å². The number of aromatic nitrogens is 1. The summed E-state index contributed by atoms with van der Waals surface area (Å²) in [5, 5.41) is 3.53. The first-order valence-electron chi connectivity index (χ1n) is 14.4. The number of alkyl halides is 2. The number of pyridine rings is 1. The van der Waals surface area contributed by atoms with Crippen LogP contribution < -0.4 is 5.32 Å². The second-order valence-electron chi connectivity index (χ2n) is 12.2. The molecule has 1 saturated carbocycles. The highest BCUT2D eigenvalue weighted by molar-refractivity contribution is 5.82. The Morgan fingerprint density at radius 2 is 1.87 bits per heavy atom. The van der Waals surface area contributed by atoms with Gasteiger partial charge in [0.1, 0.15) is 5.82 Å². The summed E-state index contributed by atoms with van der Waals surface area (Å²) in [4.78, 5) is 21.3.